The van der Waals surface area contributed by atoms with Crippen molar-refractivity contribution in [3.8, 4) is 5.75 Å². The summed E-state index contributed by atoms with van der Waals surface area (Å²) in [4.78, 5) is 31.9. The summed E-state index contributed by atoms with van der Waals surface area (Å²) in [5, 5.41) is 13.2. The molecule has 0 heterocycles. The number of nitro benzene ring substituents is 1. The quantitative estimate of drug-likeness (QED) is 0.600. The highest BCUT2D eigenvalue weighted by atomic mass is 16.6. The Bertz CT molecular complexity index is 541. The molecule has 8 heteroatoms. The van der Waals surface area contributed by atoms with Crippen molar-refractivity contribution in [1.82, 2.24) is 0 Å². The number of benzene rings is 1. The van der Waals surface area contributed by atoms with Crippen LogP contribution in [0.3, 0.4) is 0 Å². The highest BCUT2D eigenvalue weighted by Gasteiger charge is 2.17. The molecule has 1 aromatic rings. The standard InChI is InChI=1S/C11H13N3O5/c1-6-3-8(14(17)18)4-9(13-7(2)15)11(6)19-5-10(12)16/h3-4H,5H2,1-2H3,(H2,12,16)(H,13,15). The van der Waals surface area contributed by atoms with Gasteiger partial charge in [0.1, 0.15) is 5.75 Å². The minimum Gasteiger partial charge on any atom is -0.481 e. The van der Waals surface area contributed by atoms with Crippen LogP contribution in [0.4, 0.5) is 11.4 Å². The van der Waals surface area contributed by atoms with E-state index in [9.17, 15) is 19.7 Å². The first kappa shape index (κ1) is 14.4. The van der Waals surface area contributed by atoms with Crippen molar-refractivity contribution in [3.05, 3.63) is 27.8 Å². The Hall–Kier alpha value is -2.64. The van der Waals surface area contributed by atoms with Gasteiger partial charge >= 0.3 is 0 Å². The molecule has 8 nitrogen and oxygen atoms in total. The normalized spacial score (nSPS) is 9.79. The van der Waals surface area contributed by atoms with Crippen molar-refractivity contribution in [1.29, 1.82) is 0 Å². The molecule has 0 saturated carbocycles. The third-order valence-corrected chi connectivity index (χ3v) is 2.14. The van der Waals surface area contributed by atoms with Gasteiger partial charge < -0.3 is 15.8 Å². The number of ether oxygens (including phenoxy) is 1. The zero-order valence-corrected chi connectivity index (χ0v) is 10.4. The van der Waals surface area contributed by atoms with Crippen LogP contribution in [0.25, 0.3) is 0 Å². The van der Waals surface area contributed by atoms with Gasteiger partial charge in [0.05, 0.1) is 10.6 Å². The van der Waals surface area contributed by atoms with Crippen molar-refractivity contribution in [3.63, 3.8) is 0 Å². The Morgan fingerprint density at radius 1 is 1.47 bits per heavy atom. The monoisotopic (exact) mass is 267 g/mol. The van der Waals surface area contributed by atoms with Crippen LogP contribution in [0.1, 0.15) is 12.5 Å². The average molecular weight is 267 g/mol. The molecule has 19 heavy (non-hydrogen) atoms. The number of hydrogen-bond donors (Lipinski definition) is 2. The first-order valence-corrected chi connectivity index (χ1v) is 5.29. The van der Waals surface area contributed by atoms with Gasteiger partial charge in [-0.05, 0) is 6.92 Å². The average Bonchev–Trinajstić information content (AvgIpc) is 2.26. The summed E-state index contributed by atoms with van der Waals surface area (Å²) in [6.07, 6.45) is 0. The van der Waals surface area contributed by atoms with Gasteiger partial charge in [-0.15, -0.1) is 0 Å². The summed E-state index contributed by atoms with van der Waals surface area (Å²) < 4.78 is 5.15. The lowest BCUT2D eigenvalue weighted by Crippen LogP contribution is -2.21. The van der Waals surface area contributed by atoms with E-state index in [0.29, 0.717) is 5.56 Å². The van der Waals surface area contributed by atoms with Gasteiger partial charge in [-0.2, -0.15) is 0 Å². The Morgan fingerprint density at radius 2 is 2.11 bits per heavy atom. The minimum atomic E-state index is -0.688. The van der Waals surface area contributed by atoms with E-state index in [1.807, 2.05) is 0 Å². The highest BCUT2D eigenvalue weighted by Crippen LogP contribution is 2.33. The van der Waals surface area contributed by atoms with Crippen LogP contribution < -0.4 is 15.8 Å². The molecule has 0 unspecified atom stereocenters. The Balaban J connectivity index is 3.21. The molecule has 1 rings (SSSR count). The fraction of sp³-hybridized carbons (Fsp3) is 0.273. The molecule has 0 aliphatic rings. The van der Waals surface area contributed by atoms with Crippen molar-refractivity contribution in [2.24, 2.45) is 5.73 Å². The van der Waals surface area contributed by atoms with E-state index in [1.165, 1.54) is 13.0 Å². The van der Waals surface area contributed by atoms with Crippen molar-refractivity contribution >= 4 is 23.2 Å². The molecule has 0 saturated heterocycles. The molecule has 0 aromatic heterocycles. The molecule has 0 aliphatic carbocycles. The van der Waals surface area contributed by atoms with Crippen LogP contribution >= 0.6 is 0 Å². The van der Waals surface area contributed by atoms with Crippen LogP contribution in [0.15, 0.2) is 12.1 Å². The van der Waals surface area contributed by atoms with Gasteiger partial charge in [0.25, 0.3) is 11.6 Å². The number of carbonyl (C=O) groups excluding carboxylic acids is 2. The summed E-state index contributed by atoms with van der Waals surface area (Å²) in [6.45, 7) is 2.44. The number of carbonyl (C=O) groups is 2. The van der Waals surface area contributed by atoms with Gasteiger partial charge in [0.2, 0.25) is 5.91 Å². The molecule has 0 bridgehead atoms. The second-order valence-corrected chi connectivity index (χ2v) is 3.83. The van der Waals surface area contributed by atoms with Gasteiger partial charge in [-0.25, -0.2) is 0 Å². The third kappa shape index (κ3) is 3.95. The van der Waals surface area contributed by atoms with Crippen molar-refractivity contribution in [2.75, 3.05) is 11.9 Å². The van der Waals surface area contributed by atoms with Crippen molar-refractivity contribution < 1.29 is 19.2 Å². The molecular formula is C11H13N3O5. The van der Waals surface area contributed by atoms with Crippen molar-refractivity contribution in [2.45, 2.75) is 13.8 Å². The van der Waals surface area contributed by atoms with Crippen LogP contribution in [-0.4, -0.2) is 23.3 Å². The Kier molecular flexibility index (Phi) is 4.41. The summed E-state index contributed by atoms with van der Waals surface area (Å²) in [7, 11) is 0. The molecule has 0 aliphatic heterocycles. The fourth-order valence-electron chi connectivity index (χ4n) is 1.48. The van der Waals surface area contributed by atoms with Crippen LogP contribution in [0, 0.1) is 17.0 Å². The Morgan fingerprint density at radius 3 is 2.58 bits per heavy atom. The predicted octanol–water partition coefficient (Wildman–Crippen LogP) is 0.726. The predicted molar refractivity (Wildman–Crippen MR) is 66.8 cm³/mol. The molecule has 0 spiro atoms. The fourth-order valence-corrected chi connectivity index (χ4v) is 1.48. The number of nitrogens with one attached hydrogen (secondary N) is 1. The van der Waals surface area contributed by atoms with E-state index < -0.39 is 16.7 Å². The topological polar surface area (TPSA) is 125 Å². The maximum Gasteiger partial charge on any atom is 0.272 e. The second kappa shape index (κ2) is 5.80. The molecule has 3 N–H and O–H groups in total. The number of hydrogen-bond acceptors (Lipinski definition) is 5. The number of amides is 2. The Labute approximate surface area is 108 Å². The second-order valence-electron chi connectivity index (χ2n) is 3.83. The largest absolute Gasteiger partial charge is 0.481 e. The number of nitro groups is 1. The van der Waals surface area contributed by atoms with Crippen LogP contribution in [-0.2, 0) is 9.59 Å². The number of nitrogens with two attached hydrogens (primary N) is 1. The van der Waals surface area contributed by atoms with E-state index in [4.69, 9.17) is 10.5 Å². The maximum atomic E-state index is 11.1. The lowest BCUT2D eigenvalue weighted by Gasteiger charge is -2.13. The first-order valence-electron chi connectivity index (χ1n) is 5.29. The molecule has 0 atom stereocenters. The molecule has 0 radical (unpaired) electrons. The van der Waals surface area contributed by atoms with Gasteiger partial charge in [-0.1, -0.05) is 0 Å². The van der Waals surface area contributed by atoms with Crippen LogP contribution in [0.5, 0.6) is 5.75 Å². The maximum absolute atomic E-state index is 11.1. The van der Waals surface area contributed by atoms with Gasteiger partial charge in [-0.3, -0.25) is 19.7 Å². The smallest absolute Gasteiger partial charge is 0.272 e. The highest BCUT2D eigenvalue weighted by molar-refractivity contribution is 5.91. The van der Waals surface area contributed by atoms with E-state index in [-0.39, 0.29) is 23.7 Å². The lowest BCUT2D eigenvalue weighted by molar-refractivity contribution is -0.384. The lowest BCUT2D eigenvalue weighted by atomic mass is 10.1. The molecule has 0 fully saturated rings. The van der Waals surface area contributed by atoms with E-state index in [0.717, 1.165) is 6.07 Å². The molecular weight excluding hydrogens is 254 g/mol. The van der Waals surface area contributed by atoms with E-state index in [1.54, 1.807) is 6.92 Å². The van der Waals surface area contributed by atoms with E-state index >= 15 is 0 Å². The van der Waals surface area contributed by atoms with Crippen LogP contribution in [0.2, 0.25) is 0 Å². The molecule has 102 valence electrons. The zero-order chi connectivity index (χ0) is 14.6. The molecule has 1 aromatic carbocycles. The zero-order valence-electron chi connectivity index (χ0n) is 10.4. The van der Waals surface area contributed by atoms with E-state index in [2.05, 4.69) is 5.32 Å². The number of non-ortho nitro benzene ring substituents is 1. The summed E-state index contributed by atoms with van der Waals surface area (Å²) in [6, 6.07) is 2.44. The summed E-state index contributed by atoms with van der Waals surface area (Å²) in [5.74, 6) is -0.921. The SMILES string of the molecule is CC(=O)Nc1cc([N+](=O)[O-])cc(C)c1OCC(N)=O. The number of rotatable bonds is 5. The number of nitrogens with zero attached hydrogens (tertiary/aromatic N) is 1. The summed E-state index contributed by atoms with van der Waals surface area (Å²) >= 11 is 0. The first-order chi connectivity index (χ1) is 8.81. The summed E-state index contributed by atoms with van der Waals surface area (Å²) in [5.41, 5.74) is 5.31. The van der Waals surface area contributed by atoms with Gasteiger partial charge in [0.15, 0.2) is 6.61 Å². The minimum absolute atomic E-state index is 0.125. The number of anilines is 1. The molecule has 2 amide bonds. The number of aryl methyl sites for hydroxylation is 1. The van der Waals surface area contributed by atoms with Gasteiger partial charge in [0, 0.05) is 24.6 Å². The third-order valence-electron chi connectivity index (χ3n) is 2.14. The number of primary amides is 1.